The predicted octanol–water partition coefficient (Wildman–Crippen LogP) is 1.90. The van der Waals surface area contributed by atoms with Crippen LogP contribution in [0.15, 0.2) is 30.3 Å². The standard InChI is InChI=1S/C12H17NO2/c1-3-15-12(14)9-13-10(2)11-7-5-4-6-8-11/h4-8,10,13H,3,9H2,1-2H3. The van der Waals surface area contributed by atoms with Gasteiger partial charge < -0.3 is 10.1 Å². The fraction of sp³-hybridized carbons (Fsp3) is 0.417. The van der Waals surface area contributed by atoms with Gasteiger partial charge in [-0.05, 0) is 19.4 Å². The second-order valence-corrected chi connectivity index (χ2v) is 3.32. The molecule has 0 fully saturated rings. The summed E-state index contributed by atoms with van der Waals surface area (Å²) in [5, 5.41) is 3.11. The Morgan fingerprint density at radius 3 is 2.67 bits per heavy atom. The molecule has 1 atom stereocenters. The maximum absolute atomic E-state index is 11.1. The van der Waals surface area contributed by atoms with Crippen LogP contribution in [0.25, 0.3) is 0 Å². The Morgan fingerprint density at radius 2 is 2.07 bits per heavy atom. The lowest BCUT2D eigenvalue weighted by molar-refractivity contribution is -0.142. The molecule has 1 unspecified atom stereocenters. The molecule has 0 saturated carbocycles. The maximum atomic E-state index is 11.1. The first-order valence-electron chi connectivity index (χ1n) is 5.18. The molecule has 0 heterocycles. The van der Waals surface area contributed by atoms with Gasteiger partial charge >= 0.3 is 5.97 Å². The van der Waals surface area contributed by atoms with Crippen molar-refractivity contribution in [1.29, 1.82) is 0 Å². The van der Waals surface area contributed by atoms with Gasteiger partial charge in [-0.2, -0.15) is 0 Å². The van der Waals surface area contributed by atoms with Crippen molar-refractivity contribution in [2.75, 3.05) is 13.2 Å². The molecule has 3 nitrogen and oxygen atoms in total. The second-order valence-electron chi connectivity index (χ2n) is 3.32. The molecule has 82 valence electrons. The van der Waals surface area contributed by atoms with Gasteiger partial charge in [-0.1, -0.05) is 30.3 Å². The van der Waals surface area contributed by atoms with Crippen LogP contribution in [0.2, 0.25) is 0 Å². The number of nitrogens with one attached hydrogen (secondary N) is 1. The largest absolute Gasteiger partial charge is 0.465 e. The van der Waals surface area contributed by atoms with Gasteiger partial charge in [0.15, 0.2) is 0 Å². The monoisotopic (exact) mass is 207 g/mol. The Labute approximate surface area is 90.4 Å². The van der Waals surface area contributed by atoms with E-state index in [1.54, 1.807) is 6.92 Å². The SMILES string of the molecule is CCOC(=O)CNC(C)c1ccccc1. The van der Waals surface area contributed by atoms with Crippen LogP contribution < -0.4 is 5.32 Å². The van der Waals surface area contributed by atoms with Gasteiger partial charge in [-0.15, -0.1) is 0 Å². The Hall–Kier alpha value is -1.35. The third-order valence-corrected chi connectivity index (χ3v) is 2.16. The molecule has 1 rings (SSSR count). The highest BCUT2D eigenvalue weighted by molar-refractivity contribution is 5.71. The highest BCUT2D eigenvalue weighted by Crippen LogP contribution is 2.10. The first kappa shape index (κ1) is 11.7. The smallest absolute Gasteiger partial charge is 0.319 e. The molecule has 0 spiro atoms. The molecular weight excluding hydrogens is 190 g/mol. The van der Waals surface area contributed by atoms with Crippen molar-refractivity contribution in [2.45, 2.75) is 19.9 Å². The van der Waals surface area contributed by atoms with Crippen LogP contribution in [0.1, 0.15) is 25.5 Å². The van der Waals surface area contributed by atoms with Gasteiger partial charge in [0, 0.05) is 6.04 Å². The normalized spacial score (nSPS) is 12.1. The minimum atomic E-state index is -0.208. The summed E-state index contributed by atoms with van der Waals surface area (Å²) in [5.41, 5.74) is 1.17. The maximum Gasteiger partial charge on any atom is 0.319 e. The lowest BCUT2D eigenvalue weighted by atomic mass is 10.1. The van der Waals surface area contributed by atoms with Gasteiger partial charge in [-0.25, -0.2) is 0 Å². The summed E-state index contributed by atoms with van der Waals surface area (Å²) in [7, 11) is 0. The molecule has 0 saturated heterocycles. The van der Waals surface area contributed by atoms with Crippen LogP contribution >= 0.6 is 0 Å². The predicted molar refractivity (Wildman–Crippen MR) is 59.5 cm³/mol. The van der Waals surface area contributed by atoms with Crippen LogP contribution in [0, 0.1) is 0 Å². The van der Waals surface area contributed by atoms with E-state index >= 15 is 0 Å². The molecule has 0 radical (unpaired) electrons. The number of rotatable bonds is 5. The molecule has 0 aliphatic rings. The Bertz CT molecular complexity index is 298. The number of ether oxygens (including phenoxy) is 1. The number of esters is 1. The van der Waals surface area contributed by atoms with E-state index in [-0.39, 0.29) is 18.6 Å². The number of hydrogen-bond donors (Lipinski definition) is 1. The lowest BCUT2D eigenvalue weighted by Crippen LogP contribution is -2.27. The Kier molecular flexibility index (Phi) is 4.84. The van der Waals surface area contributed by atoms with Crippen molar-refractivity contribution in [3.8, 4) is 0 Å². The number of benzene rings is 1. The quantitative estimate of drug-likeness (QED) is 0.749. The average Bonchev–Trinajstić information content (AvgIpc) is 2.27. The topological polar surface area (TPSA) is 38.3 Å². The third-order valence-electron chi connectivity index (χ3n) is 2.16. The van der Waals surface area contributed by atoms with E-state index < -0.39 is 0 Å². The minimum Gasteiger partial charge on any atom is -0.465 e. The fourth-order valence-electron chi connectivity index (χ4n) is 1.31. The van der Waals surface area contributed by atoms with Crippen LogP contribution in [-0.2, 0) is 9.53 Å². The van der Waals surface area contributed by atoms with Crippen molar-refractivity contribution in [2.24, 2.45) is 0 Å². The summed E-state index contributed by atoms with van der Waals surface area (Å²) in [6.07, 6.45) is 0. The summed E-state index contributed by atoms with van der Waals surface area (Å²) < 4.78 is 4.83. The van der Waals surface area contributed by atoms with Gasteiger partial charge in [0.05, 0.1) is 13.2 Å². The fourth-order valence-corrected chi connectivity index (χ4v) is 1.31. The van der Waals surface area contributed by atoms with E-state index in [1.165, 1.54) is 5.56 Å². The summed E-state index contributed by atoms with van der Waals surface area (Å²) >= 11 is 0. The van der Waals surface area contributed by atoms with Gasteiger partial charge in [0.1, 0.15) is 0 Å². The zero-order chi connectivity index (χ0) is 11.1. The van der Waals surface area contributed by atoms with E-state index in [9.17, 15) is 4.79 Å². The summed E-state index contributed by atoms with van der Waals surface area (Å²) in [6, 6.07) is 10.2. The molecule has 1 N–H and O–H groups in total. The third kappa shape index (κ3) is 4.13. The van der Waals surface area contributed by atoms with Crippen molar-refractivity contribution < 1.29 is 9.53 Å². The molecule has 15 heavy (non-hydrogen) atoms. The Morgan fingerprint density at radius 1 is 1.40 bits per heavy atom. The van der Waals surface area contributed by atoms with Crippen molar-refractivity contribution >= 4 is 5.97 Å². The zero-order valence-electron chi connectivity index (χ0n) is 9.19. The Balaban J connectivity index is 2.37. The molecule has 0 aliphatic heterocycles. The summed E-state index contributed by atoms with van der Waals surface area (Å²) in [6.45, 7) is 4.51. The number of carbonyl (C=O) groups excluding carboxylic acids is 1. The molecule has 0 bridgehead atoms. The van der Waals surface area contributed by atoms with E-state index in [0.717, 1.165) is 0 Å². The number of hydrogen-bond acceptors (Lipinski definition) is 3. The molecular formula is C12H17NO2. The molecule has 0 amide bonds. The average molecular weight is 207 g/mol. The van der Waals surface area contributed by atoms with Crippen LogP contribution in [0.3, 0.4) is 0 Å². The van der Waals surface area contributed by atoms with E-state index in [1.807, 2.05) is 37.3 Å². The summed E-state index contributed by atoms with van der Waals surface area (Å²) in [5.74, 6) is -0.208. The van der Waals surface area contributed by atoms with Crippen molar-refractivity contribution in [1.82, 2.24) is 5.32 Å². The van der Waals surface area contributed by atoms with Gasteiger partial charge in [0.2, 0.25) is 0 Å². The van der Waals surface area contributed by atoms with E-state index in [4.69, 9.17) is 4.74 Å². The minimum absolute atomic E-state index is 0.163. The van der Waals surface area contributed by atoms with Crippen LogP contribution in [-0.4, -0.2) is 19.1 Å². The second kappa shape index (κ2) is 6.19. The molecule has 0 aromatic heterocycles. The lowest BCUT2D eigenvalue weighted by Gasteiger charge is -2.13. The molecule has 1 aromatic carbocycles. The highest BCUT2D eigenvalue weighted by atomic mass is 16.5. The van der Waals surface area contributed by atoms with Gasteiger partial charge in [0.25, 0.3) is 0 Å². The van der Waals surface area contributed by atoms with Crippen molar-refractivity contribution in [3.05, 3.63) is 35.9 Å². The first-order valence-corrected chi connectivity index (χ1v) is 5.18. The van der Waals surface area contributed by atoms with E-state index in [2.05, 4.69) is 5.32 Å². The molecule has 0 aliphatic carbocycles. The summed E-state index contributed by atoms with van der Waals surface area (Å²) in [4.78, 5) is 11.1. The zero-order valence-corrected chi connectivity index (χ0v) is 9.19. The van der Waals surface area contributed by atoms with E-state index in [0.29, 0.717) is 6.61 Å². The van der Waals surface area contributed by atoms with Gasteiger partial charge in [-0.3, -0.25) is 4.79 Å². The van der Waals surface area contributed by atoms with Crippen LogP contribution in [0.4, 0.5) is 0 Å². The van der Waals surface area contributed by atoms with Crippen molar-refractivity contribution in [3.63, 3.8) is 0 Å². The highest BCUT2D eigenvalue weighted by Gasteiger charge is 2.06. The molecule has 1 aromatic rings. The first-order chi connectivity index (χ1) is 7.24. The van der Waals surface area contributed by atoms with Crippen LogP contribution in [0.5, 0.6) is 0 Å². The number of carbonyl (C=O) groups is 1. The molecule has 3 heteroatoms.